The summed E-state index contributed by atoms with van der Waals surface area (Å²) < 4.78 is 5.13. The Hall–Kier alpha value is -2.28. The minimum absolute atomic E-state index is 0.0848. The van der Waals surface area contributed by atoms with Crippen molar-refractivity contribution in [1.82, 2.24) is 5.32 Å². The minimum Gasteiger partial charge on any atom is -0.481 e. The first-order chi connectivity index (χ1) is 12.3. The van der Waals surface area contributed by atoms with Gasteiger partial charge in [-0.05, 0) is 57.7 Å². The molecule has 2 amide bonds. The van der Waals surface area contributed by atoms with Gasteiger partial charge in [-0.25, -0.2) is 9.59 Å². The fourth-order valence-corrected chi connectivity index (χ4v) is 3.02. The van der Waals surface area contributed by atoms with Gasteiger partial charge in [-0.2, -0.15) is 0 Å². The third kappa shape index (κ3) is 5.62. The van der Waals surface area contributed by atoms with Crippen molar-refractivity contribution in [3.8, 4) is 0 Å². The van der Waals surface area contributed by atoms with Crippen molar-refractivity contribution in [2.24, 2.45) is 5.92 Å². The first-order valence-corrected chi connectivity index (χ1v) is 8.95. The van der Waals surface area contributed by atoms with Crippen molar-refractivity contribution < 1.29 is 24.2 Å². The van der Waals surface area contributed by atoms with Crippen LogP contribution >= 0.6 is 11.6 Å². The lowest BCUT2D eigenvalue weighted by atomic mass is 9.86. The van der Waals surface area contributed by atoms with E-state index < -0.39 is 18.0 Å². The number of nitrogens with one attached hydrogen (secondary N) is 2. The molecule has 1 aromatic carbocycles. The third-order valence-corrected chi connectivity index (χ3v) is 4.53. The number of carboxylic acids is 1. The van der Waals surface area contributed by atoms with Crippen molar-refractivity contribution in [3.05, 3.63) is 28.8 Å². The van der Waals surface area contributed by atoms with Crippen LogP contribution < -0.4 is 10.6 Å². The number of esters is 1. The van der Waals surface area contributed by atoms with Gasteiger partial charge >= 0.3 is 18.0 Å². The number of hydrogen-bond acceptors (Lipinski definition) is 4. The molecule has 0 atom stereocenters. The summed E-state index contributed by atoms with van der Waals surface area (Å²) >= 11 is 6.09. The fourth-order valence-electron chi connectivity index (χ4n) is 2.86. The van der Waals surface area contributed by atoms with Gasteiger partial charge in [0.25, 0.3) is 0 Å². The summed E-state index contributed by atoms with van der Waals surface area (Å²) in [5, 5.41) is 14.8. The molecule has 0 bridgehead atoms. The maximum absolute atomic E-state index is 12.2. The van der Waals surface area contributed by atoms with Crippen molar-refractivity contribution in [2.75, 3.05) is 5.32 Å². The number of hydrogen-bond donors (Lipinski definition) is 3. The van der Waals surface area contributed by atoms with E-state index in [0.717, 1.165) is 0 Å². The molecule has 0 heterocycles. The zero-order valence-electron chi connectivity index (χ0n) is 14.8. The number of amides is 2. The predicted molar refractivity (Wildman–Crippen MR) is 97.5 cm³/mol. The molecule has 1 fully saturated rings. The molecule has 1 saturated carbocycles. The van der Waals surface area contributed by atoms with Crippen LogP contribution in [-0.4, -0.2) is 35.2 Å². The van der Waals surface area contributed by atoms with Gasteiger partial charge in [-0.1, -0.05) is 11.6 Å². The van der Waals surface area contributed by atoms with E-state index >= 15 is 0 Å². The summed E-state index contributed by atoms with van der Waals surface area (Å²) in [4.78, 5) is 35.1. The molecule has 0 aliphatic heterocycles. The Morgan fingerprint density at radius 3 is 2.42 bits per heavy atom. The molecule has 142 valence electrons. The normalized spacial score (nSPS) is 19.7. The lowest BCUT2D eigenvalue weighted by Crippen LogP contribution is -2.41. The molecule has 0 radical (unpaired) electrons. The summed E-state index contributed by atoms with van der Waals surface area (Å²) in [6, 6.07) is 3.99. The van der Waals surface area contributed by atoms with E-state index in [1.165, 1.54) is 18.2 Å². The van der Waals surface area contributed by atoms with Crippen LogP contribution in [0, 0.1) is 5.92 Å². The number of carbonyl (C=O) groups is 3. The Morgan fingerprint density at radius 2 is 1.85 bits per heavy atom. The van der Waals surface area contributed by atoms with E-state index in [1.54, 1.807) is 13.8 Å². The molecule has 8 heteroatoms. The number of benzene rings is 1. The Balaban J connectivity index is 1.94. The van der Waals surface area contributed by atoms with E-state index in [2.05, 4.69) is 10.6 Å². The topological polar surface area (TPSA) is 105 Å². The Bertz CT molecular complexity index is 684. The van der Waals surface area contributed by atoms with Gasteiger partial charge in [0.2, 0.25) is 0 Å². The largest absolute Gasteiger partial charge is 0.481 e. The molecule has 0 saturated heterocycles. The first kappa shape index (κ1) is 20.0. The smallest absolute Gasteiger partial charge is 0.338 e. The van der Waals surface area contributed by atoms with Crippen molar-refractivity contribution in [1.29, 1.82) is 0 Å². The van der Waals surface area contributed by atoms with Crippen molar-refractivity contribution in [3.63, 3.8) is 0 Å². The third-order valence-electron chi connectivity index (χ3n) is 4.20. The highest BCUT2D eigenvalue weighted by Gasteiger charge is 2.26. The number of urea groups is 1. The van der Waals surface area contributed by atoms with Gasteiger partial charge in [0.05, 0.1) is 28.3 Å². The van der Waals surface area contributed by atoms with Crippen LogP contribution in [0.3, 0.4) is 0 Å². The Morgan fingerprint density at radius 1 is 1.19 bits per heavy atom. The zero-order chi connectivity index (χ0) is 19.3. The van der Waals surface area contributed by atoms with Gasteiger partial charge in [0, 0.05) is 6.04 Å². The second-order valence-electron chi connectivity index (χ2n) is 6.63. The molecule has 26 heavy (non-hydrogen) atoms. The summed E-state index contributed by atoms with van der Waals surface area (Å²) in [5.74, 6) is -1.62. The van der Waals surface area contributed by atoms with Crippen LogP contribution in [0.15, 0.2) is 18.2 Å². The maximum Gasteiger partial charge on any atom is 0.338 e. The summed E-state index contributed by atoms with van der Waals surface area (Å²) in [5.41, 5.74) is 0.599. The summed E-state index contributed by atoms with van der Waals surface area (Å²) in [6.45, 7) is 3.50. The first-order valence-electron chi connectivity index (χ1n) is 8.57. The van der Waals surface area contributed by atoms with E-state index in [0.29, 0.717) is 42.0 Å². The fraction of sp³-hybridized carbons (Fsp3) is 0.500. The quantitative estimate of drug-likeness (QED) is 0.674. The van der Waals surface area contributed by atoms with Crippen LogP contribution in [0.5, 0.6) is 0 Å². The number of ether oxygens (including phenoxy) is 1. The highest BCUT2D eigenvalue weighted by atomic mass is 35.5. The highest BCUT2D eigenvalue weighted by molar-refractivity contribution is 6.33. The average molecular weight is 383 g/mol. The van der Waals surface area contributed by atoms with Crippen LogP contribution in [0.25, 0.3) is 0 Å². The van der Waals surface area contributed by atoms with Crippen LogP contribution in [0.1, 0.15) is 49.9 Å². The molecule has 3 N–H and O–H groups in total. The van der Waals surface area contributed by atoms with E-state index in [-0.39, 0.29) is 18.1 Å². The second kappa shape index (κ2) is 8.89. The highest BCUT2D eigenvalue weighted by Crippen LogP contribution is 2.26. The molecule has 0 spiro atoms. The maximum atomic E-state index is 12.2. The monoisotopic (exact) mass is 382 g/mol. The molecule has 1 aliphatic rings. The molecular formula is C18H23ClN2O5. The van der Waals surface area contributed by atoms with E-state index in [9.17, 15) is 14.4 Å². The number of rotatable bonds is 5. The SMILES string of the molecule is CC(C)OC(=O)c1ccc(Cl)c(NC(=O)NC2CCC(C(=O)O)CC2)c1. The molecule has 0 unspecified atom stereocenters. The molecule has 7 nitrogen and oxygen atoms in total. The van der Waals surface area contributed by atoms with E-state index in [1.807, 2.05) is 0 Å². The van der Waals surface area contributed by atoms with Gasteiger partial charge in [-0.15, -0.1) is 0 Å². The van der Waals surface area contributed by atoms with Crippen LogP contribution in [0.4, 0.5) is 10.5 Å². The molecule has 1 aromatic rings. The number of halogens is 1. The minimum atomic E-state index is -0.787. The lowest BCUT2D eigenvalue weighted by molar-refractivity contribution is -0.142. The Labute approximate surface area is 157 Å². The number of carboxylic acid groups (broad SMARTS) is 1. The van der Waals surface area contributed by atoms with Gasteiger partial charge in [-0.3, -0.25) is 4.79 Å². The molecule has 0 aromatic heterocycles. The molecule has 1 aliphatic carbocycles. The standard InChI is InChI=1S/C18H23ClN2O5/c1-10(2)26-17(24)12-5-8-14(19)15(9-12)21-18(25)20-13-6-3-11(4-7-13)16(22)23/h5,8-11,13H,3-4,6-7H2,1-2H3,(H,22,23)(H2,20,21,25). The van der Waals surface area contributed by atoms with Gasteiger partial charge in [0.1, 0.15) is 0 Å². The summed E-state index contributed by atoms with van der Waals surface area (Å²) in [7, 11) is 0. The van der Waals surface area contributed by atoms with Crippen molar-refractivity contribution in [2.45, 2.75) is 51.7 Å². The molecular weight excluding hydrogens is 360 g/mol. The Kier molecular flexibility index (Phi) is 6.85. The number of carbonyl (C=O) groups excluding carboxylic acids is 2. The molecule has 2 rings (SSSR count). The second-order valence-corrected chi connectivity index (χ2v) is 7.04. The number of anilines is 1. The van der Waals surface area contributed by atoms with Crippen LogP contribution in [-0.2, 0) is 9.53 Å². The predicted octanol–water partition coefficient (Wildman–Crippen LogP) is 3.67. The van der Waals surface area contributed by atoms with Crippen molar-refractivity contribution >= 4 is 35.3 Å². The van der Waals surface area contributed by atoms with Gasteiger partial charge < -0.3 is 20.5 Å². The zero-order valence-corrected chi connectivity index (χ0v) is 15.5. The van der Waals surface area contributed by atoms with Gasteiger partial charge in [0.15, 0.2) is 0 Å². The summed E-state index contributed by atoms with van der Waals surface area (Å²) in [6.07, 6.45) is 2.05. The lowest BCUT2D eigenvalue weighted by Gasteiger charge is -2.26. The van der Waals surface area contributed by atoms with Crippen LogP contribution in [0.2, 0.25) is 5.02 Å². The van der Waals surface area contributed by atoms with E-state index in [4.69, 9.17) is 21.4 Å². The number of aliphatic carboxylic acids is 1. The average Bonchev–Trinajstić information content (AvgIpc) is 2.56.